The molecule has 1 aromatic carbocycles. The Hall–Kier alpha value is -2.30. The van der Waals surface area contributed by atoms with Crippen molar-refractivity contribution in [2.24, 2.45) is 12.0 Å². The number of piperazine rings is 1. The number of ether oxygens (including phenoxy) is 1. The van der Waals surface area contributed by atoms with E-state index in [9.17, 15) is 4.79 Å². The summed E-state index contributed by atoms with van der Waals surface area (Å²) in [6.45, 7) is 3.87. The molecule has 1 aliphatic carbocycles. The summed E-state index contributed by atoms with van der Waals surface area (Å²) in [4.78, 5) is 21.0. The Balaban J connectivity index is 0.00000256. The van der Waals surface area contributed by atoms with Gasteiger partial charge in [-0.05, 0) is 12.5 Å². The average Bonchev–Trinajstić information content (AvgIpc) is 3.19. The van der Waals surface area contributed by atoms with Crippen LogP contribution in [0.25, 0.3) is 0 Å². The molecule has 2 heterocycles. The van der Waals surface area contributed by atoms with Crippen molar-refractivity contribution in [2.75, 3.05) is 38.7 Å². The van der Waals surface area contributed by atoms with Gasteiger partial charge in [-0.25, -0.2) is 0 Å². The third-order valence-electron chi connectivity index (χ3n) is 6.00. The second-order valence-electron chi connectivity index (χ2n) is 7.91. The van der Waals surface area contributed by atoms with Gasteiger partial charge in [0, 0.05) is 50.4 Å². The average molecular weight is 524 g/mol. The van der Waals surface area contributed by atoms with Gasteiger partial charge in [0.2, 0.25) is 5.91 Å². The van der Waals surface area contributed by atoms with E-state index in [2.05, 4.69) is 28.4 Å². The number of guanidine groups is 1. The van der Waals surface area contributed by atoms with Crippen molar-refractivity contribution in [3.8, 4) is 5.75 Å². The predicted octanol–water partition coefficient (Wildman–Crippen LogP) is 2.00. The smallest absolute Gasteiger partial charge is 0.246 e. The number of hydrogen-bond acceptors (Lipinski definition) is 4. The largest absolute Gasteiger partial charge is 0.496 e. The summed E-state index contributed by atoms with van der Waals surface area (Å²) in [7, 11) is 5.33. The maximum Gasteiger partial charge on any atom is 0.246 e. The van der Waals surface area contributed by atoms with E-state index in [-0.39, 0.29) is 41.3 Å². The molecule has 1 amide bonds. The van der Waals surface area contributed by atoms with Crippen LogP contribution in [0.4, 0.5) is 5.69 Å². The Morgan fingerprint density at radius 1 is 1.33 bits per heavy atom. The molecule has 8 nitrogen and oxygen atoms in total. The molecule has 0 radical (unpaired) electrons. The molecule has 2 aliphatic rings. The van der Waals surface area contributed by atoms with Crippen LogP contribution in [0.5, 0.6) is 5.75 Å². The predicted molar refractivity (Wildman–Crippen MR) is 128 cm³/mol. The fourth-order valence-corrected chi connectivity index (χ4v) is 4.12. The summed E-state index contributed by atoms with van der Waals surface area (Å²) in [5, 5.41) is 7.73. The van der Waals surface area contributed by atoms with Crippen LogP contribution in [-0.4, -0.2) is 66.4 Å². The number of amides is 1. The highest BCUT2D eigenvalue weighted by atomic mass is 127. The van der Waals surface area contributed by atoms with Gasteiger partial charge in [-0.2, -0.15) is 5.10 Å². The zero-order chi connectivity index (χ0) is 20.6. The number of nitrogens with zero attached hydrogens (tertiary/aromatic N) is 5. The van der Waals surface area contributed by atoms with E-state index >= 15 is 0 Å². The lowest BCUT2D eigenvalue weighted by Crippen LogP contribution is -2.56. The minimum atomic E-state index is -0.00984. The minimum Gasteiger partial charge on any atom is -0.496 e. The van der Waals surface area contributed by atoms with Crippen LogP contribution in [0.3, 0.4) is 0 Å². The van der Waals surface area contributed by atoms with Crippen molar-refractivity contribution in [2.45, 2.75) is 24.8 Å². The third kappa shape index (κ3) is 4.12. The van der Waals surface area contributed by atoms with E-state index in [4.69, 9.17) is 4.74 Å². The first kappa shape index (κ1) is 22.4. The van der Waals surface area contributed by atoms with Crippen LogP contribution in [0.2, 0.25) is 0 Å². The Morgan fingerprint density at radius 3 is 2.73 bits per heavy atom. The number of halogens is 1. The number of carbonyl (C=O) groups excluding carboxylic acids is 1. The van der Waals surface area contributed by atoms with E-state index in [1.807, 2.05) is 36.3 Å². The summed E-state index contributed by atoms with van der Waals surface area (Å²) in [6, 6.07) is 8.41. The molecule has 30 heavy (non-hydrogen) atoms. The van der Waals surface area contributed by atoms with E-state index in [0.29, 0.717) is 13.1 Å². The standard InChI is InChI=1S/C21H28N6O2.HI/c1-21(16-7-5-6-8-17(16)29-4)11-18(21)24-20(22-2)26-9-10-27(19(28)14-26)15-12-23-25(3)13-15;/h5-8,12-13,18H,9-11,14H2,1-4H3,(H,22,24);1H. The molecule has 1 N–H and O–H groups in total. The van der Waals surface area contributed by atoms with Crippen LogP contribution in [0.15, 0.2) is 41.7 Å². The number of para-hydroxylation sites is 1. The molecule has 1 saturated heterocycles. The van der Waals surface area contributed by atoms with Crippen LogP contribution >= 0.6 is 24.0 Å². The molecular weight excluding hydrogens is 495 g/mol. The van der Waals surface area contributed by atoms with Crippen LogP contribution < -0.4 is 15.0 Å². The summed E-state index contributed by atoms with van der Waals surface area (Å²) in [5.41, 5.74) is 2.03. The normalized spacial score (nSPS) is 23.8. The summed E-state index contributed by atoms with van der Waals surface area (Å²) in [5.74, 6) is 1.73. The van der Waals surface area contributed by atoms with Crippen molar-refractivity contribution in [1.82, 2.24) is 20.0 Å². The van der Waals surface area contributed by atoms with Gasteiger partial charge in [0.1, 0.15) is 12.3 Å². The maximum absolute atomic E-state index is 12.7. The number of benzene rings is 1. The fourth-order valence-electron chi connectivity index (χ4n) is 4.12. The molecular formula is C21H29IN6O2. The van der Waals surface area contributed by atoms with Gasteiger partial charge in [-0.3, -0.25) is 14.5 Å². The zero-order valence-corrected chi connectivity index (χ0v) is 20.2. The van der Waals surface area contributed by atoms with E-state index < -0.39 is 0 Å². The second-order valence-corrected chi connectivity index (χ2v) is 7.91. The summed E-state index contributed by atoms with van der Waals surface area (Å²) in [6.07, 6.45) is 4.59. The highest BCUT2D eigenvalue weighted by Gasteiger charge is 2.53. The topological polar surface area (TPSA) is 75.0 Å². The van der Waals surface area contributed by atoms with Gasteiger partial charge in [0.05, 0.1) is 19.0 Å². The van der Waals surface area contributed by atoms with Gasteiger partial charge in [0.25, 0.3) is 0 Å². The lowest BCUT2D eigenvalue weighted by molar-refractivity contribution is -0.120. The van der Waals surface area contributed by atoms with Crippen LogP contribution in [-0.2, 0) is 17.3 Å². The van der Waals surface area contributed by atoms with Crippen molar-refractivity contribution < 1.29 is 9.53 Å². The fraction of sp³-hybridized carbons (Fsp3) is 0.476. The summed E-state index contributed by atoms with van der Waals surface area (Å²) >= 11 is 0. The molecule has 4 rings (SSSR count). The van der Waals surface area contributed by atoms with Gasteiger partial charge < -0.3 is 19.9 Å². The first-order valence-electron chi connectivity index (χ1n) is 9.87. The molecule has 2 atom stereocenters. The molecule has 9 heteroatoms. The molecule has 2 unspecified atom stereocenters. The number of aryl methyl sites for hydroxylation is 1. The molecule has 2 aromatic rings. The van der Waals surface area contributed by atoms with Crippen LogP contribution in [0, 0.1) is 0 Å². The lowest BCUT2D eigenvalue weighted by atomic mass is 9.96. The Kier molecular flexibility index (Phi) is 6.59. The molecule has 0 bridgehead atoms. The highest BCUT2D eigenvalue weighted by molar-refractivity contribution is 14.0. The Morgan fingerprint density at radius 2 is 2.10 bits per heavy atom. The summed E-state index contributed by atoms with van der Waals surface area (Å²) < 4.78 is 7.26. The molecule has 0 spiro atoms. The molecule has 2 fully saturated rings. The second kappa shape index (κ2) is 8.83. The number of rotatable bonds is 4. The number of carbonyl (C=O) groups is 1. The van der Waals surface area contributed by atoms with Gasteiger partial charge in [-0.1, -0.05) is 25.1 Å². The lowest BCUT2D eigenvalue weighted by Gasteiger charge is -2.35. The van der Waals surface area contributed by atoms with Crippen LogP contribution in [0.1, 0.15) is 18.9 Å². The number of hydrogen-bond donors (Lipinski definition) is 1. The van der Waals surface area contributed by atoms with E-state index in [1.54, 1.807) is 29.9 Å². The molecule has 1 aromatic heterocycles. The Labute approximate surface area is 194 Å². The van der Waals surface area contributed by atoms with E-state index in [1.165, 1.54) is 5.56 Å². The highest BCUT2D eigenvalue weighted by Crippen LogP contribution is 2.51. The number of nitrogens with one attached hydrogen (secondary N) is 1. The number of aliphatic imine (C=N–C) groups is 1. The monoisotopic (exact) mass is 524 g/mol. The van der Waals surface area contributed by atoms with Gasteiger partial charge in [-0.15, -0.1) is 24.0 Å². The quantitative estimate of drug-likeness (QED) is 0.377. The number of anilines is 1. The maximum atomic E-state index is 12.7. The van der Waals surface area contributed by atoms with Gasteiger partial charge in [0.15, 0.2) is 5.96 Å². The molecule has 162 valence electrons. The first-order valence-corrected chi connectivity index (χ1v) is 9.87. The molecule has 1 saturated carbocycles. The van der Waals surface area contributed by atoms with Crippen molar-refractivity contribution in [3.05, 3.63) is 42.2 Å². The SMILES string of the molecule is CN=C(NC1CC1(C)c1ccccc1OC)N1CCN(c2cnn(C)c2)C(=O)C1.I. The molecule has 1 aliphatic heterocycles. The van der Waals surface area contributed by atoms with Crippen molar-refractivity contribution >= 4 is 41.5 Å². The minimum absolute atomic E-state index is 0. The van der Waals surface area contributed by atoms with Gasteiger partial charge >= 0.3 is 0 Å². The third-order valence-corrected chi connectivity index (χ3v) is 6.00. The van der Waals surface area contributed by atoms with Crippen molar-refractivity contribution in [3.63, 3.8) is 0 Å². The number of methoxy groups -OCH3 is 1. The first-order chi connectivity index (χ1) is 14.0. The van der Waals surface area contributed by atoms with E-state index in [0.717, 1.165) is 30.4 Å². The van der Waals surface area contributed by atoms with Crippen molar-refractivity contribution in [1.29, 1.82) is 0 Å². The zero-order valence-electron chi connectivity index (χ0n) is 17.8. The Bertz CT molecular complexity index is 945. The number of aromatic nitrogens is 2.